The number of thiophene rings is 1. The maximum Gasteiger partial charge on any atom is 0.138 e. The van der Waals surface area contributed by atoms with Crippen molar-refractivity contribution in [3.8, 4) is 22.3 Å². The molecule has 0 amide bonds. The zero-order valence-corrected chi connectivity index (χ0v) is 26.0. The van der Waals surface area contributed by atoms with Crippen LogP contribution < -0.4 is 4.90 Å². The third-order valence-corrected chi connectivity index (χ3v) is 10.6. The van der Waals surface area contributed by atoms with E-state index in [-0.39, 0.29) is 5.41 Å². The van der Waals surface area contributed by atoms with Crippen LogP contribution in [0.3, 0.4) is 0 Å². The lowest BCUT2D eigenvalue weighted by Gasteiger charge is -2.26. The second kappa shape index (κ2) is 9.88. The molecule has 9 rings (SSSR count). The first-order valence-electron chi connectivity index (χ1n) is 15.5. The molecule has 0 bridgehead atoms. The molecule has 6 aromatic carbocycles. The van der Waals surface area contributed by atoms with Gasteiger partial charge in [0.25, 0.3) is 0 Å². The average Bonchev–Trinajstić information content (AvgIpc) is 3.58. The van der Waals surface area contributed by atoms with Gasteiger partial charge in [-0.3, -0.25) is 4.90 Å². The van der Waals surface area contributed by atoms with E-state index >= 15 is 0 Å². The van der Waals surface area contributed by atoms with Gasteiger partial charge in [-0.2, -0.15) is 0 Å². The van der Waals surface area contributed by atoms with E-state index in [1.807, 2.05) is 11.3 Å². The molecule has 0 fully saturated rings. The minimum absolute atomic E-state index is 0.0412. The second-order valence-electron chi connectivity index (χ2n) is 12.4. The third kappa shape index (κ3) is 4.04. The standard InChI is InChI=1S/C42H30N2S/c1-42(2)35-15-9-8-14-33(35)34-26-31(21-22-36(34)42)44(30-19-16-28(17-20-30)27-10-4-3-5-11-27)39-25-24-38-41(43-39)40-32-13-7-6-12-29(32)18-23-37(40)45-38/h3-26H,1-2H3. The zero-order chi connectivity index (χ0) is 30.1. The van der Waals surface area contributed by atoms with Crippen LogP contribution >= 0.6 is 11.3 Å². The molecule has 3 heteroatoms. The van der Waals surface area contributed by atoms with Gasteiger partial charge >= 0.3 is 0 Å². The molecule has 1 aliphatic carbocycles. The molecule has 1 aliphatic rings. The van der Waals surface area contributed by atoms with E-state index in [2.05, 4.69) is 164 Å². The van der Waals surface area contributed by atoms with Crippen molar-refractivity contribution in [3.05, 3.63) is 157 Å². The van der Waals surface area contributed by atoms with Crippen LogP contribution in [-0.4, -0.2) is 4.98 Å². The predicted molar refractivity (Wildman–Crippen MR) is 192 cm³/mol. The fraction of sp³-hybridized carbons (Fsp3) is 0.0714. The molecular weight excluding hydrogens is 565 g/mol. The summed E-state index contributed by atoms with van der Waals surface area (Å²) < 4.78 is 2.47. The van der Waals surface area contributed by atoms with Gasteiger partial charge in [0.1, 0.15) is 5.82 Å². The van der Waals surface area contributed by atoms with E-state index in [1.54, 1.807) is 0 Å². The lowest BCUT2D eigenvalue weighted by atomic mass is 9.82. The first-order chi connectivity index (χ1) is 22.1. The molecule has 45 heavy (non-hydrogen) atoms. The molecule has 2 heterocycles. The molecular formula is C42H30N2S. The highest BCUT2D eigenvalue weighted by Gasteiger charge is 2.35. The Balaban J connectivity index is 1.26. The summed E-state index contributed by atoms with van der Waals surface area (Å²) in [5.41, 5.74) is 11.0. The molecule has 2 nitrogen and oxygen atoms in total. The number of nitrogens with zero attached hydrogens (tertiary/aromatic N) is 2. The molecule has 0 N–H and O–H groups in total. The van der Waals surface area contributed by atoms with Gasteiger partial charge in [-0.05, 0) is 86.6 Å². The highest BCUT2D eigenvalue weighted by molar-refractivity contribution is 7.26. The van der Waals surface area contributed by atoms with Crippen LogP contribution in [0.5, 0.6) is 0 Å². The van der Waals surface area contributed by atoms with Crippen molar-refractivity contribution in [2.75, 3.05) is 4.90 Å². The van der Waals surface area contributed by atoms with Crippen LogP contribution in [0.4, 0.5) is 17.2 Å². The normalized spacial score (nSPS) is 13.3. The Kier molecular flexibility index (Phi) is 5.75. The van der Waals surface area contributed by atoms with E-state index in [4.69, 9.17) is 4.98 Å². The quantitative estimate of drug-likeness (QED) is 0.201. The summed E-state index contributed by atoms with van der Waals surface area (Å²) in [7, 11) is 0. The molecule has 214 valence electrons. The summed E-state index contributed by atoms with van der Waals surface area (Å²) in [6, 6.07) is 52.8. The Hall–Kier alpha value is -5.25. The summed E-state index contributed by atoms with van der Waals surface area (Å²) in [4.78, 5) is 7.77. The van der Waals surface area contributed by atoms with Crippen LogP contribution in [0.25, 0.3) is 53.3 Å². The molecule has 0 aliphatic heterocycles. The largest absolute Gasteiger partial charge is 0.295 e. The molecule has 8 aromatic rings. The van der Waals surface area contributed by atoms with Gasteiger partial charge in [0.2, 0.25) is 0 Å². The summed E-state index contributed by atoms with van der Waals surface area (Å²) in [6.07, 6.45) is 0. The van der Waals surface area contributed by atoms with E-state index < -0.39 is 0 Å². The number of fused-ring (bicyclic) bond motifs is 8. The first kappa shape index (κ1) is 26.2. The maximum atomic E-state index is 5.45. The number of anilines is 3. The van der Waals surface area contributed by atoms with Gasteiger partial charge in [-0.25, -0.2) is 4.98 Å². The minimum atomic E-state index is -0.0412. The van der Waals surface area contributed by atoms with Gasteiger partial charge in [-0.1, -0.05) is 117 Å². The molecule has 0 unspecified atom stereocenters. The smallest absolute Gasteiger partial charge is 0.138 e. The Morgan fingerprint density at radius 2 is 1.24 bits per heavy atom. The summed E-state index contributed by atoms with van der Waals surface area (Å²) in [5.74, 6) is 0.910. The monoisotopic (exact) mass is 594 g/mol. The van der Waals surface area contributed by atoms with Gasteiger partial charge in [-0.15, -0.1) is 11.3 Å². The van der Waals surface area contributed by atoms with Crippen LogP contribution in [0.1, 0.15) is 25.0 Å². The highest BCUT2D eigenvalue weighted by atomic mass is 32.1. The number of pyridine rings is 1. The van der Waals surface area contributed by atoms with E-state index in [9.17, 15) is 0 Å². The Morgan fingerprint density at radius 3 is 2.11 bits per heavy atom. The lowest BCUT2D eigenvalue weighted by Crippen LogP contribution is -2.15. The summed E-state index contributed by atoms with van der Waals surface area (Å²) >= 11 is 1.82. The van der Waals surface area contributed by atoms with Gasteiger partial charge in [0, 0.05) is 26.9 Å². The van der Waals surface area contributed by atoms with Gasteiger partial charge in [0.15, 0.2) is 0 Å². The fourth-order valence-corrected chi connectivity index (χ4v) is 8.28. The van der Waals surface area contributed by atoms with Gasteiger partial charge < -0.3 is 0 Å². The molecule has 2 aromatic heterocycles. The van der Waals surface area contributed by atoms with Crippen LogP contribution in [0.15, 0.2) is 146 Å². The minimum Gasteiger partial charge on any atom is -0.295 e. The zero-order valence-electron chi connectivity index (χ0n) is 25.2. The highest BCUT2D eigenvalue weighted by Crippen LogP contribution is 2.50. The van der Waals surface area contributed by atoms with Crippen molar-refractivity contribution in [2.45, 2.75) is 19.3 Å². The third-order valence-electron chi connectivity index (χ3n) is 9.48. The Morgan fingerprint density at radius 1 is 0.556 bits per heavy atom. The molecule has 0 saturated heterocycles. The number of hydrogen-bond donors (Lipinski definition) is 0. The van der Waals surface area contributed by atoms with Crippen molar-refractivity contribution < 1.29 is 0 Å². The van der Waals surface area contributed by atoms with Crippen molar-refractivity contribution in [1.82, 2.24) is 4.98 Å². The topological polar surface area (TPSA) is 16.1 Å². The van der Waals surface area contributed by atoms with Crippen molar-refractivity contribution in [1.29, 1.82) is 0 Å². The Labute approximate surface area is 266 Å². The fourth-order valence-electron chi connectivity index (χ4n) is 7.22. The molecule has 0 radical (unpaired) electrons. The van der Waals surface area contributed by atoms with Crippen molar-refractivity contribution in [2.24, 2.45) is 0 Å². The Bertz CT molecular complexity index is 2400. The molecule has 0 atom stereocenters. The van der Waals surface area contributed by atoms with Crippen molar-refractivity contribution in [3.63, 3.8) is 0 Å². The SMILES string of the molecule is CC1(C)c2ccccc2-c2cc(N(c3ccc(-c4ccccc4)cc3)c3ccc4sc5ccc6ccccc6c5c4n3)ccc21. The van der Waals surface area contributed by atoms with E-state index in [1.165, 1.54) is 58.9 Å². The van der Waals surface area contributed by atoms with Crippen molar-refractivity contribution >= 4 is 59.6 Å². The summed E-state index contributed by atoms with van der Waals surface area (Å²) in [6.45, 7) is 4.66. The van der Waals surface area contributed by atoms with Crippen LogP contribution in [0, 0.1) is 0 Å². The average molecular weight is 595 g/mol. The van der Waals surface area contributed by atoms with Crippen LogP contribution in [-0.2, 0) is 5.41 Å². The number of hydrogen-bond acceptors (Lipinski definition) is 3. The number of rotatable bonds is 4. The van der Waals surface area contributed by atoms with E-state index in [0.29, 0.717) is 0 Å². The lowest BCUT2D eigenvalue weighted by molar-refractivity contribution is 0.660. The molecule has 0 saturated carbocycles. The first-order valence-corrected chi connectivity index (χ1v) is 16.3. The maximum absolute atomic E-state index is 5.45. The summed E-state index contributed by atoms with van der Waals surface area (Å²) in [5, 5.41) is 3.73. The predicted octanol–water partition coefficient (Wildman–Crippen LogP) is 12.0. The van der Waals surface area contributed by atoms with Crippen LogP contribution in [0.2, 0.25) is 0 Å². The second-order valence-corrected chi connectivity index (χ2v) is 13.5. The molecule has 0 spiro atoms. The number of benzene rings is 6. The van der Waals surface area contributed by atoms with Gasteiger partial charge in [0.05, 0.1) is 10.2 Å². The number of aromatic nitrogens is 1. The van der Waals surface area contributed by atoms with E-state index in [0.717, 1.165) is 22.7 Å².